The fraction of sp³-hybridized carbons (Fsp3) is 0. The van der Waals surface area contributed by atoms with E-state index >= 15 is 0 Å². The van der Waals surface area contributed by atoms with Gasteiger partial charge in [0, 0.05) is 12.1 Å². The Bertz CT molecular complexity index is 598. The lowest BCUT2D eigenvalue weighted by atomic mass is 10.0. The largest absolute Gasteiger partial charge is 0.478 e. The highest BCUT2D eigenvalue weighted by Crippen LogP contribution is 2.23. The van der Waals surface area contributed by atoms with Gasteiger partial charge in [-0.2, -0.15) is 5.26 Å². The second-order valence-corrected chi connectivity index (χ2v) is 3.16. The van der Waals surface area contributed by atoms with Gasteiger partial charge in [0.25, 0.3) is 5.69 Å². The van der Waals surface area contributed by atoms with Crippen molar-refractivity contribution in [2.45, 2.75) is 0 Å². The third-order valence-corrected chi connectivity index (χ3v) is 2.05. The predicted octanol–water partition coefficient (Wildman–Crippen LogP) is 1.38. The summed E-state index contributed by atoms with van der Waals surface area (Å²) in [4.78, 5) is 30.9. The number of carboxylic acids is 1. The Labute approximate surface area is 101 Å². The van der Waals surface area contributed by atoms with Gasteiger partial charge in [-0.25, -0.2) is 4.79 Å². The number of carbonyl (C=O) groups excluding carboxylic acids is 1. The quantitative estimate of drug-likeness (QED) is 0.370. The van der Waals surface area contributed by atoms with Crippen LogP contribution in [-0.2, 0) is 4.79 Å². The third-order valence-electron chi connectivity index (χ3n) is 2.05. The van der Waals surface area contributed by atoms with E-state index in [0.717, 1.165) is 24.3 Å². The number of nitro benzene ring substituents is 1. The Balaban J connectivity index is 3.45. The molecule has 18 heavy (non-hydrogen) atoms. The SMILES string of the molecule is N#Cc1cc([N+](=O)[O-])c(C=O)cc1/C=C/C(=O)O. The number of aliphatic carboxylic acids is 1. The van der Waals surface area contributed by atoms with Crippen LogP contribution in [0.2, 0.25) is 0 Å². The Hall–Kier alpha value is -3.01. The van der Waals surface area contributed by atoms with Gasteiger partial charge >= 0.3 is 5.97 Å². The van der Waals surface area contributed by atoms with Gasteiger partial charge in [-0.05, 0) is 17.7 Å². The van der Waals surface area contributed by atoms with E-state index in [1.807, 2.05) is 0 Å². The molecule has 0 heterocycles. The minimum absolute atomic E-state index is 0.0789. The molecule has 0 bridgehead atoms. The Morgan fingerprint density at radius 2 is 2.11 bits per heavy atom. The number of nitriles is 1. The van der Waals surface area contributed by atoms with Crippen molar-refractivity contribution >= 4 is 24.0 Å². The highest BCUT2D eigenvalue weighted by molar-refractivity contribution is 5.88. The van der Waals surface area contributed by atoms with E-state index in [9.17, 15) is 19.7 Å². The van der Waals surface area contributed by atoms with Crippen molar-refractivity contribution in [3.8, 4) is 6.07 Å². The molecule has 90 valence electrons. The van der Waals surface area contributed by atoms with Gasteiger partial charge in [0.05, 0.1) is 16.1 Å². The van der Waals surface area contributed by atoms with Gasteiger partial charge in [-0.1, -0.05) is 0 Å². The van der Waals surface area contributed by atoms with Crippen LogP contribution in [0.25, 0.3) is 6.08 Å². The number of hydrogen-bond acceptors (Lipinski definition) is 5. The second-order valence-electron chi connectivity index (χ2n) is 3.16. The lowest BCUT2D eigenvalue weighted by Gasteiger charge is -2.00. The molecule has 0 amide bonds. The zero-order chi connectivity index (χ0) is 13.7. The molecule has 0 saturated carbocycles. The predicted molar refractivity (Wildman–Crippen MR) is 59.9 cm³/mol. The third kappa shape index (κ3) is 2.76. The van der Waals surface area contributed by atoms with Crippen LogP contribution in [0.3, 0.4) is 0 Å². The molecular formula is C11H6N2O5. The van der Waals surface area contributed by atoms with E-state index in [-0.39, 0.29) is 23.0 Å². The van der Waals surface area contributed by atoms with Crippen LogP contribution in [0.1, 0.15) is 21.5 Å². The van der Waals surface area contributed by atoms with E-state index in [1.165, 1.54) is 0 Å². The molecule has 0 aliphatic heterocycles. The summed E-state index contributed by atoms with van der Waals surface area (Å²) in [6.45, 7) is 0. The van der Waals surface area contributed by atoms with Crippen molar-refractivity contribution in [2.75, 3.05) is 0 Å². The van der Waals surface area contributed by atoms with Gasteiger partial charge in [-0.3, -0.25) is 14.9 Å². The monoisotopic (exact) mass is 246 g/mol. The summed E-state index contributed by atoms with van der Waals surface area (Å²) in [5, 5.41) is 27.9. The minimum Gasteiger partial charge on any atom is -0.478 e. The number of carboxylic acid groups (broad SMARTS) is 1. The molecule has 0 unspecified atom stereocenters. The summed E-state index contributed by atoms with van der Waals surface area (Å²) in [5.74, 6) is -1.23. The Morgan fingerprint density at radius 3 is 2.56 bits per heavy atom. The highest BCUT2D eigenvalue weighted by Gasteiger charge is 2.16. The summed E-state index contributed by atoms with van der Waals surface area (Å²) < 4.78 is 0. The van der Waals surface area contributed by atoms with Crippen LogP contribution in [0.5, 0.6) is 0 Å². The molecule has 0 aromatic heterocycles. The Kier molecular flexibility index (Phi) is 3.89. The molecule has 0 atom stereocenters. The Morgan fingerprint density at radius 1 is 1.44 bits per heavy atom. The standard InChI is InChI=1S/C11H6N2O5/c12-5-8-4-10(13(17)18)9(6-14)3-7(8)1-2-11(15)16/h1-4,6H,(H,15,16)/b2-1+. The number of nitrogens with zero attached hydrogens (tertiary/aromatic N) is 2. The molecule has 1 N–H and O–H groups in total. The number of hydrogen-bond donors (Lipinski definition) is 1. The first kappa shape index (κ1) is 13.1. The molecule has 0 saturated heterocycles. The van der Waals surface area contributed by atoms with Crippen molar-refractivity contribution in [1.29, 1.82) is 5.26 Å². The van der Waals surface area contributed by atoms with E-state index in [1.54, 1.807) is 6.07 Å². The van der Waals surface area contributed by atoms with Gasteiger partial charge in [-0.15, -0.1) is 0 Å². The molecule has 7 heteroatoms. The zero-order valence-corrected chi connectivity index (χ0v) is 8.86. The molecular weight excluding hydrogens is 240 g/mol. The van der Waals surface area contributed by atoms with E-state index in [0.29, 0.717) is 0 Å². The van der Waals surface area contributed by atoms with Crippen LogP contribution >= 0.6 is 0 Å². The normalized spacial score (nSPS) is 9.94. The smallest absolute Gasteiger partial charge is 0.328 e. The average molecular weight is 246 g/mol. The van der Waals surface area contributed by atoms with Crippen molar-refractivity contribution in [1.82, 2.24) is 0 Å². The maximum Gasteiger partial charge on any atom is 0.328 e. The number of rotatable bonds is 4. The molecule has 0 aliphatic rings. The van der Waals surface area contributed by atoms with Gasteiger partial charge in [0.1, 0.15) is 6.07 Å². The minimum atomic E-state index is -1.23. The van der Waals surface area contributed by atoms with Crippen molar-refractivity contribution in [2.24, 2.45) is 0 Å². The summed E-state index contributed by atoms with van der Waals surface area (Å²) in [6.07, 6.45) is 2.14. The van der Waals surface area contributed by atoms with Crippen LogP contribution in [0.4, 0.5) is 5.69 Å². The molecule has 1 aromatic carbocycles. The molecule has 0 fully saturated rings. The average Bonchev–Trinajstić information content (AvgIpc) is 2.34. The first-order valence-electron chi connectivity index (χ1n) is 4.58. The zero-order valence-electron chi connectivity index (χ0n) is 8.86. The summed E-state index contributed by atoms with van der Waals surface area (Å²) >= 11 is 0. The molecule has 1 aromatic rings. The lowest BCUT2D eigenvalue weighted by Crippen LogP contribution is -1.97. The maximum atomic E-state index is 10.7. The van der Waals surface area contributed by atoms with Crippen LogP contribution < -0.4 is 0 Å². The van der Waals surface area contributed by atoms with Gasteiger partial charge in [0.2, 0.25) is 0 Å². The molecule has 0 aliphatic carbocycles. The van der Waals surface area contributed by atoms with E-state index < -0.39 is 16.6 Å². The van der Waals surface area contributed by atoms with Gasteiger partial charge in [0.15, 0.2) is 6.29 Å². The topological polar surface area (TPSA) is 121 Å². The van der Waals surface area contributed by atoms with Crippen LogP contribution in [0.15, 0.2) is 18.2 Å². The lowest BCUT2D eigenvalue weighted by molar-refractivity contribution is -0.385. The number of aldehydes is 1. The van der Waals surface area contributed by atoms with Crippen molar-refractivity contribution in [3.63, 3.8) is 0 Å². The van der Waals surface area contributed by atoms with Crippen LogP contribution in [0, 0.1) is 21.4 Å². The van der Waals surface area contributed by atoms with Crippen molar-refractivity contribution in [3.05, 3.63) is 45.0 Å². The highest BCUT2D eigenvalue weighted by atomic mass is 16.6. The molecule has 1 rings (SSSR count). The first-order valence-corrected chi connectivity index (χ1v) is 4.58. The van der Waals surface area contributed by atoms with E-state index in [4.69, 9.17) is 10.4 Å². The molecule has 7 nitrogen and oxygen atoms in total. The fourth-order valence-electron chi connectivity index (χ4n) is 1.27. The van der Waals surface area contributed by atoms with Gasteiger partial charge < -0.3 is 5.11 Å². The van der Waals surface area contributed by atoms with Crippen LogP contribution in [-0.4, -0.2) is 22.3 Å². The summed E-state index contributed by atoms with van der Waals surface area (Å²) in [5.41, 5.74) is -0.657. The molecule has 0 radical (unpaired) electrons. The summed E-state index contributed by atoms with van der Waals surface area (Å²) in [7, 11) is 0. The number of carbonyl (C=O) groups is 2. The van der Waals surface area contributed by atoms with Crippen molar-refractivity contribution < 1.29 is 19.6 Å². The van der Waals surface area contributed by atoms with E-state index in [2.05, 4.69) is 0 Å². The second kappa shape index (κ2) is 5.36. The number of nitro groups is 1. The fourth-order valence-corrected chi connectivity index (χ4v) is 1.27. The molecule has 0 spiro atoms. The maximum absolute atomic E-state index is 10.7. The number of benzene rings is 1. The summed E-state index contributed by atoms with van der Waals surface area (Å²) in [6, 6.07) is 3.74. The first-order chi connectivity index (χ1) is 8.49.